The molecule has 2 rings (SSSR count). The molecule has 0 saturated heterocycles. The number of alkyl halides is 2. The molecule has 0 aromatic heterocycles. The van der Waals surface area contributed by atoms with Gasteiger partial charge in [-0.05, 0) is 42.0 Å². The van der Waals surface area contributed by atoms with Crippen molar-refractivity contribution in [1.82, 2.24) is 4.90 Å². The van der Waals surface area contributed by atoms with Gasteiger partial charge in [-0.1, -0.05) is 5.92 Å². The quantitative estimate of drug-likeness (QED) is 0.157. The van der Waals surface area contributed by atoms with E-state index in [9.17, 15) is 5.11 Å². The molecule has 7 heteroatoms. The van der Waals surface area contributed by atoms with Gasteiger partial charge in [0.25, 0.3) is 0 Å². The first-order chi connectivity index (χ1) is 12.2. The van der Waals surface area contributed by atoms with Gasteiger partial charge in [0.1, 0.15) is 18.0 Å². The predicted octanol–water partition coefficient (Wildman–Crippen LogP) is 3.41. The number of methoxy groups -OCH3 is 1. The third kappa shape index (κ3) is 3.42. The fourth-order valence-corrected chi connectivity index (χ4v) is 4.23. The normalized spacial score (nSPS) is 24.1. The van der Waals surface area contributed by atoms with Crippen LogP contribution in [0, 0.1) is 19.3 Å². The summed E-state index contributed by atoms with van der Waals surface area (Å²) in [6.45, 7) is 4.90. The van der Waals surface area contributed by atoms with E-state index in [1.807, 2.05) is 18.9 Å². The summed E-state index contributed by atoms with van der Waals surface area (Å²) < 4.78 is 24.2. The monoisotopic (exact) mass is 474 g/mol. The van der Waals surface area contributed by atoms with Crippen LogP contribution < -0.4 is 4.74 Å². The summed E-state index contributed by atoms with van der Waals surface area (Å²) in [5.74, 6) is 2.77. The number of aliphatic hydroxyl groups is 1. The number of halogens is 2. The standard InChI is InChI=1S/C19H24FIN2O3/c1-6-9-26-10-8-18(24)17-15(25-5)11-14(22-12-23(4)7-2)13(3)16(17)19(18,20)21/h1,11-12,24H,7-10H2,2-5H3. The topological polar surface area (TPSA) is 54.3 Å². The fraction of sp³-hybridized carbons (Fsp3) is 0.526. The zero-order valence-electron chi connectivity index (χ0n) is 15.5. The Balaban J connectivity index is 2.45. The minimum Gasteiger partial charge on any atom is -0.496 e. The van der Waals surface area contributed by atoms with Crippen molar-refractivity contribution in [2.45, 2.75) is 29.5 Å². The van der Waals surface area contributed by atoms with Crippen molar-refractivity contribution < 1.29 is 19.0 Å². The van der Waals surface area contributed by atoms with Crippen molar-refractivity contribution in [2.24, 2.45) is 4.99 Å². The van der Waals surface area contributed by atoms with Crippen LogP contribution in [0.25, 0.3) is 0 Å². The summed E-state index contributed by atoms with van der Waals surface area (Å²) in [6, 6.07) is 1.73. The maximum absolute atomic E-state index is 15.5. The molecule has 1 aliphatic rings. The van der Waals surface area contributed by atoms with Crippen LogP contribution in [0.3, 0.4) is 0 Å². The highest BCUT2D eigenvalue weighted by Gasteiger charge is 2.65. The van der Waals surface area contributed by atoms with Gasteiger partial charge in [0.15, 0.2) is 0 Å². The third-order valence-corrected chi connectivity index (χ3v) is 6.11. The SMILES string of the molecule is C#CCOCCC1(O)c2c(OC)cc(N=CN(C)CC)c(C)c2C1(F)I. The summed E-state index contributed by atoms with van der Waals surface area (Å²) in [7, 11) is 3.40. The van der Waals surface area contributed by atoms with Crippen LogP contribution in [0.15, 0.2) is 11.1 Å². The second-order valence-corrected chi connectivity index (χ2v) is 7.72. The number of nitrogens with zero attached hydrogens (tertiary/aromatic N) is 2. The lowest BCUT2D eigenvalue weighted by Crippen LogP contribution is -2.53. The minimum absolute atomic E-state index is 0.0815. The maximum Gasteiger partial charge on any atom is 0.219 e. The average Bonchev–Trinajstić information content (AvgIpc) is 2.62. The highest BCUT2D eigenvalue weighted by molar-refractivity contribution is 14.1. The molecule has 0 amide bonds. The molecular weight excluding hydrogens is 450 g/mol. The zero-order valence-corrected chi connectivity index (χ0v) is 17.6. The Labute approximate surface area is 167 Å². The largest absolute Gasteiger partial charge is 0.496 e. The predicted molar refractivity (Wildman–Crippen MR) is 109 cm³/mol. The van der Waals surface area contributed by atoms with E-state index in [0.29, 0.717) is 28.1 Å². The molecular formula is C19H24FIN2O3. The summed E-state index contributed by atoms with van der Waals surface area (Å²) in [6.07, 6.45) is 6.92. The van der Waals surface area contributed by atoms with E-state index in [1.165, 1.54) is 7.11 Å². The van der Waals surface area contributed by atoms with Crippen LogP contribution in [0.2, 0.25) is 0 Å². The van der Waals surface area contributed by atoms with Gasteiger partial charge < -0.3 is 19.5 Å². The van der Waals surface area contributed by atoms with E-state index >= 15 is 4.39 Å². The summed E-state index contributed by atoms with van der Waals surface area (Å²) in [5, 5.41) is 11.0. The van der Waals surface area contributed by atoms with Crippen LogP contribution in [-0.4, -0.2) is 50.3 Å². The van der Waals surface area contributed by atoms with Crippen LogP contribution >= 0.6 is 22.6 Å². The fourth-order valence-electron chi connectivity index (χ4n) is 3.02. The van der Waals surface area contributed by atoms with Crippen LogP contribution in [0.4, 0.5) is 10.1 Å². The zero-order chi connectivity index (χ0) is 19.5. The van der Waals surface area contributed by atoms with Crippen LogP contribution in [0.1, 0.15) is 30.0 Å². The van der Waals surface area contributed by atoms with E-state index in [0.717, 1.165) is 6.54 Å². The first kappa shape index (κ1) is 20.9. The molecule has 26 heavy (non-hydrogen) atoms. The van der Waals surface area contributed by atoms with E-state index in [4.69, 9.17) is 15.9 Å². The molecule has 0 heterocycles. The number of terminal acetylenes is 1. The lowest BCUT2D eigenvalue weighted by molar-refractivity contribution is -0.104. The summed E-state index contributed by atoms with van der Waals surface area (Å²) in [4.78, 5) is 6.36. The molecule has 1 aromatic rings. The van der Waals surface area contributed by atoms with Gasteiger partial charge in [0.05, 0.1) is 25.7 Å². The Morgan fingerprint density at radius 2 is 2.19 bits per heavy atom. The third-order valence-electron chi connectivity index (χ3n) is 4.68. The van der Waals surface area contributed by atoms with Crippen molar-refractivity contribution in [3.8, 4) is 18.1 Å². The number of benzene rings is 1. The van der Waals surface area contributed by atoms with Crippen LogP contribution in [-0.2, 0) is 14.0 Å². The molecule has 1 aliphatic carbocycles. The Hall–Kier alpha value is -1.37. The molecule has 1 aromatic carbocycles. The van der Waals surface area contributed by atoms with Crippen molar-refractivity contribution in [2.75, 3.05) is 33.9 Å². The second kappa shape index (κ2) is 8.11. The van der Waals surface area contributed by atoms with Gasteiger partial charge in [-0.25, -0.2) is 9.38 Å². The highest BCUT2D eigenvalue weighted by atomic mass is 127. The number of ether oxygens (including phenoxy) is 2. The molecule has 2 atom stereocenters. The lowest BCUT2D eigenvalue weighted by atomic mass is 9.67. The van der Waals surface area contributed by atoms with E-state index in [1.54, 1.807) is 41.9 Å². The number of fused-ring (bicyclic) bond motifs is 1. The van der Waals surface area contributed by atoms with Gasteiger partial charge in [-0.2, -0.15) is 0 Å². The number of hydrogen-bond donors (Lipinski definition) is 1. The van der Waals surface area contributed by atoms with Crippen molar-refractivity contribution in [3.63, 3.8) is 0 Å². The Kier molecular flexibility index (Phi) is 6.53. The Bertz CT molecular complexity index is 745. The van der Waals surface area contributed by atoms with Crippen molar-refractivity contribution in [3.05, 3.63) is 22.8 Å². The lowest BCUT2D eigenvalue weighted by Gasteiger charge is -2.50. The van der Waals surface area contributed by atoms with Gasteiger partial charge in [0.2, 0.25) is 3.68 Å². The maximum atomic E-state index is 15.5. The Morgan fingerprint density at radius 1 is 1.50 bits per heavy atom. The molecule has 2 unspecified atom stereocenters. The average molecular weight is 474 g/mol. The molecule has 0 radical (unpaired) electrons. The Morgan fingerprint density at radius 3 is 2.77 bits per heavy atom. The minimum atomic E-state index is -1.96. The molecule has 5 nitrogen and oxygen atoms in total. The van der Waals surface area contributed by atoms with E-state index in [2.05, 4.69) is 10.9 Å². The summed E-state index contributed by atoms with van der Waals surface area (Å²) >= 11 is 1.65. The smallest absolute Gasteiger partial charge is 0.219 e. The molecule has 0 aliphatic heterocycles. The second-order valence-electron chi connectivity index (χ2n) is 6.23. The van der Waals surface area contributed by atoms with Gasteiger partial charge in [-0.15, -0.1) is 6.42 Å². The number of hydrogen-bond acceptors (Lipinski definition) is 4. The van der Waals surface area contributed by atoms with Crippen molar-refractivity contribution >= 4 is 34.6 Å². The van der Waals surface area contributed by atoms with Crippen LogP contribution in [0.5, 0.6) is 5.75 Å². The highest BCUT2D eigenvalue weighted by Crippen LogP contribution is 2.66. The van der Waals surface area contributed by atoms with Gasteiger partial charge in [-0.3, -0.25) is 0 Å². The summed E-state index contributed by atoms with van der Waals surface area (Å²) in [5.41, 5.74) is 0.485. The van der Waals surface area contributed by atoms with E-state index in [-0.39, 0.29) is 19.6 Å². The van der Waals surface area contributed by atoms with Gasteiger partial charge in [0, 0.05) is 37.2 Å². The molecule has 1 N–H and O–H groups in total. The molecule has 0 fully saturated rings. The molecule has 142 valence electrons. The number of rotatable bonds is 8. The molecule has 0 bridgehead atoms. The molecule has 0 spiro atoms. The molecule has 0 saturated carbocycles. The van der Waals surface area contributed by atoms with Crippen molar-refractivity contribution in [1.29, 1.82) is 0 Å². The first-order valence-electron chi connectivity index (χ1n) is 8.32. The van der Waals surface area contributed by atoms with E-state index < -0.39 is 9.28 Å². The number of aliphatic imine (C=N–C) groups is 1. The first-order valence-corrected chi connectivity index (χ1v) is 9.40. The van der Waals surface area contributed by atoms with Gasteiger partial charge >= 0.3 is 0 Å².